The van der Waals surface area contributed by atoms with Crippen LogP contribution in [0.4, 0.5) is 5.69 Å². The van der Waals surface area contributed by atoms with E-state index in [0.29, 0.717) is 0 Å². The molecule has 26 heavy (non-hydrogen) atoms. The Balaban J connectivity index is 0.00000243. The second-order valence-corrected chi connectivity index (χ2v) is 6.31. The van der Waals surface area contributed by atoms with Crippen LogP contribution < -0.4 is 9.64 Å². The lowest BCUT2D eigenvalue weighted by Crippen LogP contribution is -2.20. The van der Waals surface area contributed by atoms with Gasteiger partial charge in [-0.25, -0.2) is 0 Å². The van der Waals surface area contributed by atoms with Crippen molar-refractivity contribution in [1.82, 2.24) is 0 Å². The second kappa shape index (κ2) is 10.0. The SMILES string of the molecule is CCCCOc1ccc(/C=C/C2=NCCN(C)c3ccccc32)cc1.Cl. The first-order valence-corrected chi connectivity index (χ1v) is 9.04. The minimum absolute atomic E-state index is 0. The van der Waals surface area contributed by atoms with Gasteiger partial charge in [0, 0.05) is 24.8 Å². The Labute approximate surface area is 162 Å². The number of benzene rings is 2. The number of anilines is 1. The molecule has 1 aliphatic heterocycles. The van der Waals surface area contributed by atoms with Crippen LogP contribution in [0.5, 0.6) is 5.75 Å². The molecular formula is C22H27ClN2O. The van der Waals surface area contributed by atoms with Gasteiger partial charge in [0.2, 0.25) is 0 Å². The van der Waals surface area contributed by atoms with Gasteiger partial charge in [-0.1, -0.05) is 49.8 Å². The van der Waals surface area contributed by atoms with E-state index in [-0.39, 0.29) is 12.4 Å². The van der Waals surface area contributed by atoms with E-state index >= 15 is 0 Å². The van der Waals surface area contributed by atoms with E-state index in [1.807, 2.05) is 12.1 Å². The fourth-order valence-corrected chi connectivity index (χ4v) is 2.88. The maximum atomic E-state index is 5.72. The van der Waals surface area contributed by atoms with Gasteiger partial charge >= 0.3 is 0 Å². The summed E-state index contributed by atoms with van der Waals surface area (Å²) in [4.78, 5) is 7.03. The maximum Gasteiger partial charge on any atom is 0.119 e. The molecule has 3 nitrogen and oxygen atoms in total. The van der Waals surface area contributed by atoms with Crippen molar-refractivity contribution in [2.45, 2.75) is 19.8 Å². The van der Waals surface area contributed by atoms with Crippen LogP contribution in [0.1, 0.15) is 30.9 Å². The third kappa shape index (κ3) is 5.12. The molecule has 2 aromatic rings. The number of para-hydroxylation sites is 1. The van der Waals surface area contributed by atoms with Crippen LogP contribution in [0.2, 0.25) is 0 Å². The van der Waals surface area contributed by atoms with Gasteiger partial charge in [-0.2, -0.15) is 0 Å². The Morgan fingerprint density at radius 1 is 1.08 bits per heavy atom. The number of hydrogen-bond acceptors (Lipinski definition) is 3. The average Bonchev–Trinajstić information content (AvgIpc) is 2.81. The number of fused-ring (bicyclic) bond motifs is 1. The summed E-state index contributed by atoms with van der Waals surface area (Å²) in [6, 6.07) is 16.7. The molecule has 2 aromatic carbocycles. The summed E-state index contributed by atoms with van der Waals surface area (Å²) in [6.07, 6.45) is 6.48. The van der Waals surface area contributed by atoms with Crippen LogP contribution in [0, 0.1) is 0 Å². The van der Waals surface area contributed by atoms with Crippen LogP contribution in [-0.4, -0.2) is 32.5 Å². The number of rotatable bonds is 6. The number of ether oxygens (including phenoxy) is 1. The Morgan fingerprint density at radius 3 is 2.62 bits per heavy atom. The van der Waals surface area contributed by atoms with Gasteiger partial charge in [-0.15, -0.1) is 12.4 Å². The fraction of sp³-hybridized carbons (Fsp3) is 0.318. The second-order valence-electron chi connectivity index (χ2n) is 6.31. The average molecular weight is 371 g/mol. The summed E-state index contributed by atoms with van der Waals surface area (Å²) < 4.78 is 5.72. The summed E-state index contributed by atoms with van der Waals surface area (Å²) in [5, 5.41) is 0. The predicted octanol–water partition coefficient (Wildman–Crippen LogP) is 5.24. The molecule has 1 aliphatic rings. The van der Waals surface area contributed by atoms with Crippen molar-refractivity contribution in [2.75, 3.05) is 31.6 Å². The normalized spacial score (nSPS) is 13.6. The highest BCUT2D eigenvalue weighted by molar-refractivity contribution is 6.14. The van der Waals surface area contributed by atoms with Crippen LogP contribution in [0.3, 0.4) is 0 Å². The molecule has 0 saturated heterocycles. The molecule has 138 valence electrons. The monoisotopic (exact) mass is 370 g/mol. The molecule has 0 aliphatic carbocycles. The number of aliphatic imine (C=N–C) groups is 1. The third-order valence-electron chi connectivity index (χ3n) is 4.39. The van der Waals surface area contributed by atoms with E-state index in [2.05, 4.69) is 67.4 Å². The molecule has 0 amide bonds. The van der Waals surface area contributed by atoms with E-state index in [0.717, 1.165) is 49.6 Å². The van der Waals surface area contributed by atoms with Gasteiger partial charge in [0.25, 0.3) is 0 Å². The van der Waals surface area contributed by atoms with Gasteiger partial charge in [-0.3, -0.25) is 4.99 Å². The molecule has 0 bridgehead atoms. The number of likely N-dealkylation sites (N-methyl/N-ethyl adjacent to an activating group) is 1. The first-order valence-electron chi connectivity index (χ1n) is 9.04. The third-order valence-corrected chi connectivity index (χ3v) is 4.39. The lowest BCUT2D eigenvalue weighted by atomic mass is 10.1. The topological polar surface area (TPSA) is 24.8 Å². The summed E-state index contributed by atoms with van der Waals surface area (Å²) >= 11 is 0. The van der Waals surface area contributed by atoms with Crippen LogP contribution >= 0.6 is 12.4 Å². The van der Waals surface area contributed by atoms with E-state index in [1.54, 1.807) is 0 Å². The molecule has 1 heterocycles. The highest BCUT2D eigenvalue weighted by Crippen LogP contribution is 2.23. The minimum atomic E-state index is 0. The van der Waals surface area contributed by atoms with Crippen molar-refractivity contribution in [3.63, 3.8) is 0 Å². The first kappa shape index (κ1) is 20.1. The largest absolute Gasteiger partial charge is 0.494 e. The molecule has 0 atom stereocenters. The van der Waals surface area contributed by atoms with Crippen LogP contribution in [-0.2, 0) is 0 Å². The number of nitrogens with zero attached hydrogens (tertiary/aromatic N) is 2. The fourth-order valence-electron chi connectivity index (χ4n) is 2.88. The molecule has 4 heteroatoms. The summed E-state index contributed by atoms with van der Waals surface area (Å²) in [6.45, 7) is 4.71. The van der Waals surface area contributed by atoms with Crippen molar-refractivity contribution in [3.8, 4) is 5.75 Å². The Kier molecular flexibility index (Phi) is 7.73. The summed E-state index contributed by atoms with van der Waals surface area (Å²) in [5.41, 5.74) is 4.63. The Bertz CT molecular complexity index is 753. The zero-order chi connectivity index (χ0) is 17.5. The summed E-state index contributed by atoms with van der Waals surface area (Å²) in [7, 11) is 2.12. The lowest BCUT2D eigenvalue weighted by Gasteiger charge is -2.18. The molecule has 0 saturated carbocycles. The molecule has 0 aromatic heterocycles. The van der Waals surface area contributed by atoms with Crippen LogP contribution in [0.15, 0.2) is 59.6 Å². The number of allylic oxidation sites excluding steroid dienone is 1. The zero-order valence-electron chi connectivity index (χ0n) is 15.5. The van der Waals surface area contributed by atoms with E-state index in [4.69, 9.17) is 9.73 Å². The first-order chi connectivity index (χ1) is 12.3. The summed E-state index contributed by atoms with van der Waals surface area (Å²) in [5.74, 6) is 0.935. The van der Waals surface area contributed by atoms with Crippen LogP contribution in [0.25, 0.3) is 6.08 Å². The smallest absolute Gasteiger partial charge is 0.119 e. The van der Waals surface area contributed by atoms with Crippen molar-refractivity contribution in [2.24, 2.45) is 4.99 Å². The number of hydrogen-bond donors (Lipinski definition) is 0. The molecule has 0 N–H and O–H groups in total. The highest BCUT2D eigenvalue weighted by atomic mass is 35.5. The van der Waals surface area contributed by atoms with Gasteiger partial charge in [0.1, 0.15) is 5.75 Å². The molecule has 0 spiro atoms. The van der Waals surface area contributed by atoms with Crippen molar-refractivity contribution in [3.05, 3.63) is 65.7 Å². The Morgan fingerprint density at radius 2 is 1.85 bits per heavy atom. The number of unbranched alkanes of at least 4 members (excludes halogenated alkanes) is 1. The van der Waals surface area contributed by atoms with E-state index < -0.39 is 0 Å². The molecule has 0 radical (unpaired) electrons. The highest BCUT2D eigenvalue weighted by Gasteiger charge is 2.13. The maximum absolute atomic E-state index is 5.72. The van der Waals surface area contributed by atoms with Crippen molar-refractivity contribution in [1.29, 1.82) is 0 Å². The van der Waals surface area contributed by atoms with Crippen molar-refractivity contribution < 1.29 is 4.74 Å². The Hall–Kier alpha value is -2.26. The van der Waals surface area contributed by atoms with Gasteiger partial charge in [0.15, 0.2) is 0 Å². The van der Waals surface area contributed by atoms with Gasteiger partial charge in [-0.05, 0) is 36.3 Å². The van der Waals surface area contributed by atoms with Crippen molar-refractivity contribution >= 4 is 29.9 Å². The molecular weight excluding hydrogens is 344 g/mol. The van der Waals surface area contributed by atoms with Gasteiger partial charge < -0.3 is 9.64 Å². The van der Waals surface area contributed by atoms with E-state index in [1.165, 1.54) is 11.3 Å². The standard InChI is InChI=1S/C22H26N2O.ClH/c1-3-4-17-25-19-12-9-18(10-13-19)11-14-21-20-7-5-6-8-22(20)24(2)16-15-23-21;/h5-14H,3-4,15-17H2,1-2H3;1H/b14-11+;. The molecule has 3 rings (SSSR count). The number of benzodiazepines with no additional fused rings is 1. The molecule has 0 fully saturated rings. The molecule has 0 unspecified atom stereocenters. The minimum Gasteiger partial charge on any atom is -0.494 e. The van der Waals surface area contributed by atoms with E-state index in [9.17, 15) is 0 Å². The predicted molar refractivity (Wildman–Crippen MR) is 114 cm³/mol. The quantitative estimate of drug-likeness (QED) is 0.649. The zero-order valence-corrected chi connectivity index (χ0v) is 16.3. The lowest BCUT2D eigenvalue weighted by molar-refractivity contribution is 0.309. The van der Waals surface area contributed by atoms with Gasteiger partial charge in [0.05, 0.1) is 18.9 Å². The number of halogens is 1.